The van der Waals surface area contributed by atoms with Crippen molar-refractivity contribution >= 4 is 23.1 Å². The molecule has 2 rings (SSSR count). The van der Waals surface area contributed by atoms with Crippen LogP contribution in [0.25, 0.3) is 10.9 Å². The van der Waals surface area contributed by atoms with Crippen LogP contribution >= 0.6 is 0 Å². The molecule has 1 N–H and O–H groups in total. The largest absolute Gasteiger partial charge is 0.369 e. The number of fused-ring (bicyclic) bond motifs is 1. The highest BCUT2D eigenvalue weighted by Gasteiger charge is 1.95. The van der Waals surface area contributed by atoms with E-state index in [0.717, 1.165) is 16.7 Å². The number of aliphatic imine (C=N–C) groups is 1. The fourth-order valence-electron chi connectivity index (χ4n) is 1.18. The highest BCUT2D eigenvalue weighted by Crippen LogP contribution is 2.16. The van der Waals surface area contributed by atoms with Gasteiger partial charge >= 0.3 is 0 Å². The van der Waals surface area contributed by atoms with Gasteiger partial charge in [-0.05, 0) is 12.1 Å². The molecule has 0 radical (unpaired) electrons. The summed E-state index contributed by atoms with van der Waals surface area (Å²) in [6, 6.07) is 3.96. The lowest BCUT2D eigenvalue weighted by atomic mass is 10.3. The summed E-state index contributed by atoms with van der Waals surface area (Å²) < 4.78 is 0. The highest BCUT2D eigenvalue weighted by atomic mass is 15.1. The van der Waals surface area contributed by atoms with Crippen LogP contribution in [0.2, 0.25) is 0 Å². The van der Waals surface area contributed by atoms with Crippen LogP contribution in [0.1, 0.15) is 0 Å². The van der Waals surface area contributed by atoms with E-state index in [1.54, 1.807) is 12.5 Å². The second kappa shape index (κ2) is 3.49. The first-order valence-corrected chi connectivity index (χ1v) is 4.39. The SMILES string of the molecule is CN(C)C=Nc1cc2cc[nH]c2cn1. The minimum atomic E-state index is 0.728. The van der Waals surface area contributed by atoms with E-state index in [0.29, 0.717) is 0 Å². The molecular formula is C10H12N4. The Morgan fingerprint density at radius 3 is 3.14 bits per heavy atom. The van der Waals surface area contributed by atoms with Gasteiger partial charge in [0.25, 0.3) is 0 Å². The summed E-state index contributed by atoms with van der Waals surface area (Å²) in [5.41, 5.74) is 1.04. The van der Waals surface area contributed by atoms with Gasteiger partial charge in [-0.2, -0.15) is 0 Å². The van der Waals surface area contributed by atoms with E-state index in [4.69, 9.17) is 0 Å². The molecule has 2 aromatic heterocycles. The van der Waals surface area contributed by atoms with Crippen LogP contribution in [0.5, 0.6) is 0 Å². The normalized spacial score (nSPS) is 11.3. The molecular weight excluding hydrogens is 176 g/mol. The zero-order valence-electron chi connectivity index (χ0n) is 8.23. The summed E-state index contributed by atoms with van der Waals surface area (Å²) in [5, 5.41) is 1.13. The summed E-state index contributed by atoms with van der Waals surface area (Å²) in [5.74, 6) is 0.728. The Hall–Kier alpha value is -1.84. The molecule has 0 saturated heterocycles. The molecule has 0 saturated carbocycles. The number of nitrogens with one attached hydrogen (secondary N) is 1. The molecule has 2 aromatic rings. The molecule has 0 bridgehead atoms. The number of rotatable bonds is 2. The van der Waals surface area contributed by atoms with Gasteiger partial charge in [-0.3, -0.25) is 0 Å². The van der Waals surface area contributed by atoms with Crippen molar-refractivity contribution in [2.45, 2.75) is 0 Å². The Bertz CT molecular complexity index is 456. The van der Waals surface area contributed by atoms with Gasteiger partial charge in [0.2, 0.25) is 0 Å². The van der Waals surface area contributed by atoms with Crippen LogP contribution in [-0.2, 0) is 0 Å². The summed E-state index contributed by atoms with van der Waals surface area (Å²) in [6.07, 6.45) is 5.42. The molecule has 4 nitrogen and oxygen atoms in total. The predicted molar refractivity (Wildman–Crippen MR) is 57.9 cm³/mol. The molecule has 4 heteroatoms. The van der Waals surface area contributed by atoms with Crippen molar-refractivity contribution in [2.75, 3.05) is 14.1 Å². The fraction of sp³-hybridized carbons (Fsp3) is 0.200. The van der Waals surface area contributed by atoms with Crippen LogP contribution in [0.3, 0.4) is 0 Å². The van der Waals surface area contributed by atoms with Crippen LogP contribution in [0.4, 0.5) is 5.82 Å². The van der Waals surface area contributed by atoms with Crippen molar-refractivity contribution in [2.24, 2.45) is 4.99 Å². The number of nitrogens with zero attached hydrogens (tertiary/aromatic N) is 3. The zero-order valence-corrected chi connectivity index (χ0v) is 8.23. The minimum absolute atomic E-state index is 0.728. The molecule has 0 fully saturated rings. The van der Waals surface area contributed by atoms with Crippen LogP contribution in [-0.4, -0.2) is 35.3 Å². The van der Waals surface area contributed by atoms with Crippen molar-refractivity contribution in [3.63, 3.8) is 0 Å². The summed E-state index contributed by atoms with van der Waals surface area (Å²) >= 11 is 0. The van der Waals surface area contributed by atoms with Gasteiger partial charge < -0.3 is 9.88 Å². The van der Waals surface area contributed by atoms with Gasteiger partial charge in [-0.1, -0.05) is 0 Å². The number of hydrogen-bond acceptors (Lipinski definition) is 2. The first-order valence-electron chi connectivity index (χ1n) is 4.39. The number of H-pyrrole nitrogens is 1. The fourth-order valence-corrected chi connectivity index (χ4v) is 1.18. The molecule has 0 amide bonds. The quantitative estimate of drug-likeness (QED) is 0.576. The van der Waals surface area contributed by atoms with E-state index in [1.165, 1.54) is 0 Å². The third kappa shape index (κ3) is 1.74. The highest BCUT2D eigenvalue weighted by molar-refractivity contribution is 5.80. The summed E-state index contributed by atoms with van der Waals surface area (Å²) in [4.78, 5) is 13.4. The molecule has 2 heterocycles. The maximum absolute atomic E-state index is 4.21. The first kappa shape index (κ1) is 8.74. The van der Waals surface area contributed by atoms with E-state index in [9.17, 15) is 0 Å². The number of pyridine rings is 1. The van der Waals surface area contributed by atoms with Crippen molar-refractivity contribution in [3.8, 4) is 0 Å². The Balaban J connectivity index is 2.34. The van der Waals surface area contributed by atoms with Crippen molar-refractivity contribution in [1.29, 1.82) is 0 Å². The molecule has 0 atom stereocenters. The maximum atomic E-state index is 4.21. The number of hydrogen-bond donors (Lipinski definition) is 1. The predicted octanol–water partition coefficient (Wildman–Crippen LogP) is 1.78. The molecule has 14 heavy (non-hydrogen) atoms. The third-order valence-corrected chi connectivity index (χ3v) is 1.84. The van der Waals surface area contributed by atoms with Gasteiger partial charge in [-0.25, -0.2) is 9.98 Å². The first-order chi connectivity index (χ1) is 6.75. The topological polar surface area (TPSA) is 44.3 Å². The van der Waals surface area contributed by atoms with Gasteiger partial charge in [0, 0.05) is 25.7 Å². The Labute approximate surface area is 82.3 Å². The van der Waals surface area contributed by atoms with Crippen molar-refractivity contribution < 1.29 is 0 Å². The van der Waals surface area contributed by atoms with Gasteiger partial charge in [0.15, 0.2) is 5.82 Å². The summed E-state index contributed by atoms with van der Waals surface area (Å²) in [6.45, 7) is 0. The average Bonchev–Trinajstić information content (AvgIpc) is 2.61. The van der Waals surface area contributed by atoms with Gasteiger partial charge in [-0.15, -0.1) is 0 Å². The molecule has 0 aliphatic rings. The van der Waals surface area contributed by atoms with Crippen LogP contribution in [0, 0.1) is 0 Å². The maximum Gasteiger partial charge on any atom is 0.154 e. The van der Waals surface area contributed by atoms with E-state index in [2.05, 4.69) is 15.0 Å². The second-order valence-electron chi connectivity index (χ2n) is 3.32. The van der Waals surface area contributed by atoms with Crippen LogP contribution < -0.4 is 0 Å². The molecule has 0 unspecified atom stereocenters. The third-order valence-electron chi connectivity index (χ3n) is 1.84. The molecule has 0 spiro atoms. The molecule has 0 aliphatic heterocycles. The monoisotopic (exact) mass is 188 g/mol. The lowest BCUT2D eigenvalue weighted by molar-refractivity contribution is 0.643. The molecule has 0 aromatic carbocycles. The van der Waals surface area contributed by atoms with E-state index < -0.39 is 0 Å². The Morgan fingerprint density at radius 1 is 1.50 bits per heavy atom. The van der Waals surface area contributed by atoms with E-state index >= 15 is 0 Å². The van der Waals surface area contributed by atoms with Gasteiger partial charge in [0.1, 0.15) is 0 Å². The molecule has 72 valence electrons. The number of aromatic amines is 1. The van der Waals surface area contributed by atoms with E-state index in [-0.39, 0.29) is 0 Å². The van der Waals surface area contributed by atoms with E-state index in [1.807, 2.05) is 37.3 Å². The molecule has 0 aliphatic carbocycles. The van der Waals surface area contributed by atoms with Gasteiger partial charge in [0.05, 0.1) is 18.1 Å². The lowest BCUT2D eigenvalue weighted by Gasteiger charge is -2.01. The smallest absolute Gasteiger partial charge is 0.154 e. The van der Waals surface area contributed by atoms with Crippen LogP contribution in [0.15, 0.2) is 29.5 Å². The number of aromatic nitrogens is 2. The van der Waals surface area contributed by atoms with Crippen molar-refractivity contribution in [1.82, 2.24) is 14.9 Å². The van der Waals surface area contributed by atoms with Crippen molar-refractivity contribution in [3.05, 3.63) is 24.5 Å². The average molecular weight is 188 g/mol. The standard InChI is InChI=1S/C10H12N4/c1-14(2)7-13-10-5-8-3-4-11-9(8)6-12-10/h3-7,11H,1-2H3. The Kier molecular flexibility index (Phi) is 2.18. The Morgan fingerprint density at radius 2 is 2.36 bits per heavy atom. The summed E-state index contributed by atoms with van der Waals surface area (Å²) in [7, 11) is 3.86. The zero-order chi connectivity index (χ0) is 9.97. The second-order valence-corrected chi connectivity index (χ2v) is 3.32. The minimum Gasteiger partial charge on any atom is -0.369 e. The lowest BCUT2D eigenvalue weighted by Crippen LogP contribution is -2.07.